The van der Waals surface area contributed by atoms with Crippen LogP contribution in [0.2, 0.25) is 0 Å². The third-order valence-corrected chi connectivity index (χ3v) is 5.80. The van der Waals surface area contributed by atoms with E-state index in [1.807, 2.05) is 6.07 Å². The Kier molecular flexibility index (Phi) is 8.00. The van der Waals surface area contributed by atoms with Gasteiger partial charge in [0.2, 0.25) is 5.91 Å². The van der Waals surface area contributed by atoms with Gasteiger partial charge in [0.25, 0.3) is 0 Å². The van der Waals surface area contributed by atoms with E-state index in [-0.39, 0.29) is 11.9 Å². The number of carbonyl (C=O) groups is 2. The molecule has 6 heteroatoms. The lowest BCUT2D eigenvalue weighted by molar-refractivity contribution is -0.121. The molecule has 0 aromatic heterocycles. The molecule has 1 aromatic rings. The van der Waals surface area contributed by atoms with Crippen molar-refractivity contribution < 1.29 is 9.59 Å². The average Bonchev–Trinajstić information content (AvgIpc) is 3.20. The number of hydrogen-bond acceptors (Lipinski definition) is 3. The van der Waals surface area contributed by atoms with Crippen molar-refractivity contribution in [1.82, 2.24) is 16.0 Å². The molecule has 1 aromatic carbocycles. The van der Waals surface area contributed by atoms with Crippen LogP contribution in [0, 0.1) is 5.92 Å². The van der Waals surface area contributed by atoms with Gasteiger partial charge in [0.1, 0.15) is 0 Å². The summed E-state index contributed by atoms with van der Waals surface area (Å²) in [7, 11) is 0. The summed E-state index contributed by atoms with van der Waals surface area (Å²) >= 11 is 0. The Morgan fingerprint density at radius 3 is 2.57 bits per heavy atom. The summed E-state index contributed by atoms with van der Waals surface area (Å²) in [5.74, 6) is 0.580. The van der Waals surface area contributed by atoms with Crippen molar-refractivity contribution in [3.05, 3.63) is 30.3 Å². The summed E-state index contributed by atoms with van der Waals surface area (Å²) in [6, 6.07) is 10.7. The highest BCUT2D eigenvalue weighted by Crippen LogP contribution is 2.23. The predicted molar refractivity (Wildman–Crippen MR) is 112 cm³/mol. The van der Waals surface area contributed by atoms with Crippen LogP contribution in [0.1, 0.15) is 51.4 Å². The van der Waals surface area contributed by atoms with Crippen molar-refractivity contribution in [3.8, 4) is 0 Å². The van der Waals surface area contributed by atoms with Crippen LogP contribution in [0.5, 0.6) is 0 Å². The Morgan fingerprint density at radius 1 is 1.00 bits per heavy atom. The number of para-hydroxylation sites is 1. The SMILES string of the molecule is O=C(CCCNC(=O)NC1CCCCC1)NCC1CCN(c2ccccc2)C1. The molecule has 3 rings (SSSR count). The third kappa shape index (κ3) is 6.73. The molecular weight excluding hydrogens is 352 g/mol. The molecule has 1 heterocycles. The average molecular weight is 387 g/mol. The van der Waals surface area contributed by atoms with E-state index >= 15 is 0 Å². The first-order chi connectivity index (χ1) is 13.7. The van der Waals surface area contributed by atoms with E-state index in [1.165, 1.54) is 24.9 Å². The van der Waals surface area contributed by atoms with Crippen LogP contribution < -0.4 is 20.9 Å². The molecule has 154 valence electrons. The van der Waals surface area contributed by atoms with E-state index in [4.69, 9.17) is 0 Å². The van der Waals surface area contributed by atoms with Gasteiger partial charge in [-0.15, -0.1) is 0 Å². The molecule has 6 nitrogen and oxygen atoms in total. The van der Waals surface area contributed by atoms with Gasteiger partial charge in [-0.2, -0.15) is 0 Å². The van der Waals surface area contributed by atoms with E-state index in [0.717, 1.165) is 38.9 Å². The number of nitrogens with one attached hydrogen (secondary N) is 3. The minimum Gasteiger partial charge on any atom is -0.371 e. The molecular formula is C22H34N4O2. The van der Waals surface area contributed by atoms with Crippen molar-refractivity contribution >= 4 is 17.6 Å². The molecule has 2 aliphatic rings. The van der Waals surface area contributed by atoms with Crippen molar-refractivity contribution in [2.24, 2.45) is 5.92 Å². The maximum atomic E-state index is 12.1. The fraction of sp³-hybridized carbons (Fsp3) is 0.636. The maximum Gasteiger partial charge on any atom is 0.315 e. The van der Waals surface area contributed by atoms with Crippen LogP contribution in [0.15, 0.2) is 30.3 Å². The predicted octanol–water partition coefficient (Wildman–Crippen LogP) is 3.04. The third-order valence-electron chi connectivity index (χ3n) is 5.80. The zero-order valence-corrected chi connectivity index (χ0v) is 16.8. The highest BCUT2D eigenvalue weighted by molar-refractivity contribution is 5.76. The molecule has 1 unspecified atom stereocenters. The molecule has 1 aliphatic carbocycles. The standard InChI is InChI=1S/C22H34N4O2/c27-21(12-7-14-23-22(28)25-19-8-3-1-4-9-19)24-16-18-13-15-26(17-18)20-10-5-2-6-11-20/h2,5-6,10-11,18-19H,1,3-4,7-9,12-17H2,(H,24,27)(H2,23,25,28). The number of nitrogens with zero attached hydrogens (tertiary/aromatic N) is 1. The second-order valence-electron chi connectivity index (χ2n) is 8.08. The first-order valence-corrected chi connectivity index (χ1v) is 10.8. The molecule has 0 spiro atoms. The van der Waals surface area contributed by atoms with Gasteiger partial charge in [0.15, 0.2) is 0 Å². The molecule has 1 atom stereocenters. The first kappa shape index (κ1) is 20.5. The van der Waals surface area contributed by atoms with Crippen LogP contribution in [0.25, 0.3) is 0 Å². The lowest BCUT2D eigenvalue weighted by Gasteiger charge is -2.22. The lowest BCUT2D eigenvalue weighted by Crippen LogP contribution is -2.43. The largest absolute Gasteiger partial charge is 0.371 e. The number of benzene rings is 1. The van der Waals surface area contributed by atoms with Gasteiger partial charge >= 0.3 is 6.03 Å². The zero-order chi connectivity index (χ0) is 19.6. The number of anilines is 1. The normalized spacial score (nSPS) is 20.0. The van der Waals surface area contributed by atoms with Crippen molar-refractivity contribution in [1.29, 1.82) is 0 Å². The minimum atomic E-state index is -0.0979. The Balaban J connectivity index is 1.23. The van der Waals surface area contributed by atoms with E-state index in [2.05, 4.69) is 45.1 Å². The second-order valence-corrected chi connectivity index (χ2v) is 8.08. The molecule has 1 saturated carbocycles. The van der Waals surface area contributed by atoms with Crippen molar-refractivity contribution in [3.63, 3.8) is 0 Å². The van der Waals surface area contributed by atoms with E-state index in [0.29, 0.717) is 31.3 Å². The zero-order valence-electron chi connectivity index (χ0n) is 16.8. The van der Waals surface area contributed by atoms with Crippen molar-refractivity contribution in [2.45, 2.75) is 57.4 Å². The Morgan fingerprint density at radius 2 is 1.79 bits per heavy atom. The Hall–Kier alpha value is -2.24. The Bertz CT molecular complexity index is 616. The topological polar surface area (TPSA) is 73.5 Å². The van der Waals surface area contributed by atoms with Gasteiger partial charge in [-0.1, -0.05) is 37.5 Å². The fourth-order valence-corrected chi connectivity index (χ4v) is 4.15. The second kappa shape index (κ2) is 10.9. The summed E-state index contributed by atoms with van der Waals surface area (Å²) in [5.41, 5.74) is 1.26. The lowest BCUT2D eigenvalue weighted by atomic mass is 9.96. The van der Waals surface area contributed by atoms with Gasteiger partial charge in [-0.05, 0) is 43.7 Å². The molecule has 0 bridgehead atoms. The van der Waals surface area contributed by atoms with Crippen LogP contribution >= 0.6 is 0 Å². The number of hydrogen-bond donors (Lipinski definition) is 3. The molecule has 2 fully saturated rings. The highest BCUT2D eigenvalue weighted by atomic mass is 16.2. The number of amides is 3. The molecule has 1 saturated heterocycles. The summed E-state index contributed by atoms with van der Waals surface area (Å²) in [6.07, 6.45) is 8.09. The molecule has 3 amide bonds. The number of rotatable bonds is 8. The summed E-state index contributed by atoms with van der Waals surface area (Å²) in [4.78, 5) is 26.3. The van der Waals surface area contributed by atoms with E-state index < -0.39 is 0 Å². The van der Waals surface area contributed by atoms with Crippen LogP contribution in [-0.2, 0) is 4.79 Å². The van der Waals surface area contributed by atoms with Gasteiger partial charge in [-0.25, -0.2) is 4.79 Å². The minimum absolute atomic E-state index is 0.0765. The highest BCUT2D eigenvalue weighted by Gasteiger charge is 2.22. The fourth-order valence-electron chi connectivity index (χ4n) is 4.15. The summed E-state index contributed by atoms with van der Waals surface area (Å²) in [5, 5.41) is 8.96. The molecule has 28 heavy (non-hydrogen) atoms. The summed E-state index contributed by atoms with van der Waals surface area (Å²) < 4.78 is 0. The van der Waals surface area contributed by atoms with E-state index in [1.54, 1.807) is 0 Å². The molecule has 1 aliphatic heterocycles. The monoisotopic (exact) mass is 386 g/mol. The smallest absolute Gasteiger partial charge is 0.315 e. The van der Waals surface area contributed by atoms with Gasteiger partial charge in [0.05, 0.1) is 0 Å². The van der Waals surface area contributed by atoms with Gasteiger partial charge < -0.3 is 20.9 Å². The first-order valence-electron chi connectivity index (χ1n) is 10.8. The van der Waals surface area contributed by atoms with Gasteiger partial charge in [0, 0.05) is 44.3 Å². The summed E-state index contributed by atoms with van der Waals surface area (Å²) in [6.45, 7) is 3.31. The Labute approximate surface area is 168 Å². The van der Waals surface area contributed by atoms with E-state index in [9.17, 15) is 9.59 Å². The quantitative estimate of drug-likeness (QED) is 0.601. The number of urea groups is 1. The molecule has 3 N–H and O–H groups in total. The molecule has 0 radical (unpaired) electrons. The van der Waals surface area contributed by atoms with Crippen LogP contribution in [0.4, 0.5) is 10.5 Å². The van der Waals surface area contributed by atoms with Gasteiger partial charge in [-0.3, -0.25) is 4.79 Å². The van der Waals surface area contributed by atoms with Crippen LogP contribution in [-0.4, -0.2) is 44.2 Å². The maximum absolute atomic E-state index is 12.1. The van der Waals surface area contributed by atoms with Crippen LogP contribution in [0.3, 0.4) is 0 Å². The number of carbonyl (C=O) groups excluding carboxylic acids is 2. The van der Waals surface area contributed by atoms with Crippen molar-refractivity contribution in [2.75, 3.05) is 31.1 Å².